The van der Waals surface area contributed by atoms with E-state index in [9.17, 15) is 9.59 Å². The van der Waals surface area contributed by atoms with Gasteiger partial charge in [-0.3, -0.25) is 4.79 Å². The molecule has 0 unspecified atom stereocenters. The number of rotatable bonds is 4. The molecule has 0 N–H and O–H groups in total. The van der Waals surface area contributed by atoms with Gasteiger partial charge in [0.2, 0.25) is 0 Å². The summed E-state index contributed by atoms with van der Waals surface area (Å²) >= 11 is 3.27. The lowest BCUT2D eigenvalue weighted by Gasteiger charge is -2.28. The van der Waals surface area contributed by atoms with Crippen molar-refractivity contribution in [3.63, 3.8) is 0 Å². The molecule has 138 valence electrons. The highest BCUT2D eigenvalue weighted by atomic mass is 79.9. The summed E-state index contributed by atoms with van der Waals surface area (Å²) in [6.45, 7) is 7.02. The van der Waals surface area contributed by atoms with Crippen molar-refractivity contribution in [2.45, 2.75) is 64.7 Å². The fraction of sp³-hybridized carbons (Fsp3) is 0.611. The third-order valence-corrected chi connectivity index (χ3v) is 4.48. The van der Waals surface area contributed by atoms with Crippen LogP contribution in [0.5, 0.6) is 5.75 Å². The van der Waals surface area contributed by atoms with E-state index < -0.39 is 5.60 Å². The minimum atomic E-state index is -0.515. The lowest BCUT2D eigenvalue weighted by molar-refractivity contribution is 0.0219. The third kappa shape index (κ3) is 5.42. The smallest absolute Gasteiger partial charge is 0.410 e. The number of hydrogen-bond donors (Lipinski definition) is 0. The molecule has 0 saturated heterocycles. The van der Waals surface area contributed by atoms with E-state index in [1.807, 2.05) is 20.8 Å². The zero-order valence-electron chi connectivity index (χ0n) is 15.3. The van der Waals surface area contributed by atoms with Crippen molar-refractivity contribution in [1.82, 2.24) is 9.88 Å². The Balaban J connectivity index is 2.00. The number of halogens is 1. The van der Waals surface area contributed by atoms with Crippen LogP contribution in [-0.2, 0) is 4.74 Å². The highest BCUT2D eigenvalue weighted by Crippen LogP contribution is 2.30. The molecule has 6 nitrogen and oxygen atoms in total. The van der Waals surface area contributed by atoms with Crippen molar-refractivity contribution in [2.75, 3.05) is 7.05 Å². The molecule has 0 aromatic carbocycles. The molecule has 2 atom stereocenters. The molecule has 1 amide bonds. The van der Waals surface area contributed by atoms with Gasteiger partial charge in [-0.1, -0.05) is 0 Å². The van der Waals surface area contributed by atoms with Gasteiger partial charge in [0, 0.05) is 26.4 Å². The van der Waals surface area contributed by atoms with Gasteiger partial charge in [-0.15, -0.1) is 0 Å². The molecule has 0 spiro atoms. The Morgan fingerprint density at radius 3 is 2.56 bits per heavy atom. The van der Waals surface area contributed by atoms with Crippen molar-refractivity contribution in [3.8, 4) is 5.75 Å². The molecule has 1 aliphatic rings. The molecule has 2 rings (SSSR count). The maximum absolute atomic E-state index is 12.2. The number of hydrogen-bond acceptors (Lipinski definition) is 5. The second-order valence-corrected chi connectivity index (χ2v) is 8.15. The lowest BCUT2D eigenvalue weighted by Crippen LogP contribution is -2.40. The summed E-state index contributed by atoms with van der Waals surface area (Å²) in [4.78, 5) is 29.8. The Morgan fingerprint density at radius 1 is 1.28 bits per heavy atom. The maximum atomic E-state index is 12.2. The highest BCUT2D eigenvalue weighted by Gasteiger charge is 2.33. The van der Waals surface area contributed by atoms with E-state index in [1.165, 1.54) is 6.92 Å². The summed E-state index contributed by atoms with van der Waals surface area (Å²) in [5.74, 6) is 0.345. The molecule has 1 aromatic rings. The van der Waals surface area contributed by atoms with Crippen LogP contribution in [0.1, 0.15) is 57.4 Å². The van der Waals surface area contributed by atoms with E-state index in [0.29, 0.717) is 22.5 Å². The Morgan fingerprint density at radius 2 is 1.96 bits per heavy atom. The average Bonchev–Trinajstić information content (AvgIpc) is 2.94. The van der Waals surface area contributed by atoms with Gasteiger partial charge in [-0.2, -0.15) is 0 Å². The fourth-order valence-electron chi connectivity index (χ4n) is 2.81. The standard InChI is InChI=1S/C18H25BrN2O4/c1-11(22)16-14(8-9-15(19)20-16)24-13-7-6-12(10-13)21(5)17(23)25-18(2,3)4/h8-9,12-13H,6-7,10H2,1-5H3/t12-,13+/m0/s1. The molecule has 0 aliphatic heterocycles. The van der Waals surface area contributed by atoms with E-state index in [-0.39, 0.29) is 24.0 Å². The number of Topliss-reactive ketones (excluding diaryl/α,β-unsaturated/α-hetero) is 1. The highest BCUT2D eigenvalue weighted by molar-refractivity contribution is 9.10. The van der Waals surface area contributed by atoms with Crippen LogP contribution in [0, 0.1) is 0 Å². The minimum Gasteiger partial charge on any atom is -0.488 e. The number of ether oxygens (including phenoxy) is 2. The molecule has 1 heterocycles. The first-order valence-electron chi connectivity index (χ1n) is 8.37. The van der Waals surface area contributed by atoms with Crippen molar-refractivity contribution in [2.24, 2.45) is 0 Å². The summed E-state index contributed by atoms with van der Waals surface area (Å²) < 4.78 is 12.0. The number of ketones is 1. The minimum absolute atomic E-state index is 0.0593. The molecular formula is C18H25BrN2O4. The van der Waals surface area contributed by atoms with E-state index in [0.717, 1.165) is 12.8 Å². The van der Waals surface area contributed by atoms with Crippen molar-refractivity contribution in [3.05, 3.63) is 22.4 Å². The summed E-state index contributed by atoms with van der Waals surface area (Å²) in [6.07, 6.45) is 1.96. The zero-order chi connectivity index (χ0) is 18.8. The van der Waals surface area contributed by atoms with Gasteiger partial charge < -0.3 is 14.4 Å². The van der Waals surface area contributed by atoms with Crippen LogP contribution in [0.15, 0.2) is 16.7 Å². The van der Waals surface area contributed by atoms with Gasteiger partial charge in [0.15, 0.2) is 5.78 Å². The molecule has 7 heteroatoms. The predicted molar refractivity (Wildman–Crippen MR) is 98.0 cm³/mol. The number of aromatic nitrogens is 1. The lowest BCUT2D eigenvalue weighted by atomic mass is 10.2. The molecule has 1 aliphatic carbocycles. The monoisotopic (exact) mass is 412 g/mol. The summed E-state index contributed by atoms with van der Waals surface area (Å²) in [7, 11) is 1.75. The second kappa shape index (κ2) is 7.72. The van der Waals surface area contributed by atoms with Crippen molar-refractivity contribution >= 4 is 27.8 Å². The number of pyridine rings is 1. The fourth-order valence-corrected chi connectivity index (χ4v) is 3.12. The second-order valence-electron chi connectivity index (χ2n) is 7.33. The van der Waals surface area contributed by atoms with E-state index >= 15 is 0 Å². The van der Waals surface area contributed by atoms with Crippen LogP contribution in [0.3, 0.4) is 0 Å². The number of amides is 1. The first-order valence-corrected chi connectivity index (χ1v) is 9.16. The van der Waals surface area contributed by atoms with Gasteiger partial charge in [0.05, 0.1) is 0 Å². The Hall–Kier alpha value is -1.63. The maximum Gasteiger partial charge on any atom is 0.410 e. The third-order valence-electron chi connectivity index (χ3n) is 4.04. The summed E-state index contributed by atoms with van der Waals surface area (Å²) in [5.41, 5.74) is -0.197. The van der Waals surface area contributed by atoms with Gasteiger partial charge in [-0.25, -0.2) is 9.78 Å². The largest absolute Gasteiger partial charge is 0.488 e. The van der Waals surface area contributed by atoms with Gasteiger partial charge in [0.1, 0.15) is 27.8 Å². The normalized spacial score (nSPS) is 20.2. The number of carbonyl (C=O) groups is 2. The van der Waals surface area contributed by atoms with Crippen LogP contribution in [0.2, 0.25) is 0 Å². The molecular weight excluding hydrogens is 388 g/mol. The van der Waals surface area contributed by atoms with Gasteiger partial charge in [-0.05, 0) is 61.7 Å². The number of carbonyl (C=O) groups excluding carboxylic acids is 2. The van der Waals surface area contributed by atoms with Crippen molar-refractivity contribution < 1.29 is 19.1 Å². The predicted octanol–water partition coefficient (Wildman–Crippen LogP) is 4.21. The van der Waals surface area contributed by atoms with Crippen LogP contribution in [0.4, 0.5) is 4.79 Å². The molecule has 25 heavy (non-hydrogen) atoms. The molecule has 0 radical (unpaired) electrons. The van der Waals surface area contributed by atoms with E-state index in [1.54, 1.807) is 24.1 Å². The van der Waals surface area contributed by atoms with Crippen molar-refractivity contribution in [1.29, 1.82) is 0 Å². The topological polar surface area (TPSA) is 68.7 Å². The Labute approximate surface area is 157 Å². The van der Waals surface area contributed by atoms with Gasteiger partial charge >= 0.3 is 6.09 Å². The summed E-state index contributed by atoms with van der Waals surface area (Å²) in [6, 6.07) is 3.56. The first-order chi connectivity index (χ1) is 11.6. The quantitative estimate of drug-likeness (QED) is 0.546. The molecule has 1 fully saturated rings. The van der Waals surface area contributed by atoms with Crippen LogP contribution in [0.25, 0.3) is 0 Å². The number of nitrogens with zero attached hydrogens (tertiary/aromatic N) is 2. The average molecular weight is 413 g/mol. The van der Waals surface area contributed by atoms with E-state index in [2.05, 4.69) is 20.9 Å². The van der Waals surface area contributed by atoms with Crippen LogP contribution >= 0.6 is 15.9 Å². The Bertz CT molecular complexity index is 657. The molecule has 1 aromatic heterocycles. The first kappa shape index (κ1) is 19.7. The van der Waals surface area contributed by atoms with Crippen LogP contribution < -0.4 is 4.74 Å². The molecule has 0 bridgehead atoms. The SMILES string of the molecule is CC(=O)c1nc(Br)ccc1O[C@@H]1CC[C@H](N(C)C(=O)OC(C)(C)C)C1. The summed E-state index contributed by atoms with van der Waals surface area (Å²) in [5, 5.41) is 0. The van der Waals surface area contributed by atoms with Gasteiger partial charge in [0.25, 0.3) is 0 Å². The van der Waals surface area contributed by atoms with E-state index in [4.69, 9.17) is 9.47 Å². The van der Waals surface area contributed by atoms with Crippen LogP contribution in [-0.4, -0.2) is 46.6 Å². The zero-order valence-corrected chi connectivity index (χ0v) is 16.9. The molecule has 1 saturated carbocycles. The Kier molecular flexibility index (Phi) is 6.08.